The summed E-state index contributed by atoms with van der Waals surface area (Å²) >= 11 is 13.1. The molecule has 4 nitrogen and oxygen atoms in total. The molecule has 1 N–H and O–H groups in total. The molecule has 0 unspecified atom stereocenters. The van der Waals surface area contributed by atoms with Crippen LogP contribution in [0, 0.1) is 0 Å². The third-order valence-corrected chi connectivity index (χ3v) is 3.59. The molecule has 2 aromatic rings. The molecule has 0 bridgehead atoms. The maximum absolute atomic E-state index is 11.0. The van der Waals surface area contributed by atoms with Crippen molar-refractivity contribution >= 4 is 35.0 Å². The molecule has 0 saturated heterocycles. The zero-order valence-corrected chi connectivity index (χ0v) is 10.8. The second kappa shape index (κ2) is 5.53. The number of H-pyrrole nitrogens is 1. The summed E-state index contributed by atoms with van der Waals surface area (Å²) in [6, 6.07) is 5.39. The monoisotopic (exact) mass is 287 g/mol. The van der Waals surface area contributed by atoms with Crippen LogP contribution in [0.25, 0.3) is 0 Å². The fourth-order valence-corrected chi connectivity index (χ4v) is 2.22. The van der Waals surface area contributed by atoms with Crippen LogP contribution in [0.15, 0.2) is 34.3 Å². The molecule has 1 heterocycles. The lowest BCUT2D eigenvalue weighted by atomic mass is 10.2. The second-order valence-corrected chi connectivity index (χ2v) is 4.95. The largest absolute Gasteiger partial charge is 0.299 e. The van der Waals surface area contributed by atoms with E-state index in [1.807, 2.05) is 6.07 Å². The lowest BCUT2D eigenvalue weighted by Gasteiger charge is -2.02. The molecule has 0 radical (unpaired) electrons. The highest BCUT2D eigenvalue weighted by molar-refractivity contribution is 7.98. The molecule has 0 saturated carbocycles. The molecule has 7 heteroatoms. The van der Waals surface area contributed by atoms with E-state index in [4.69, 9.17) is 23.2 Å². The van der Waals surface area contributed by atoms with E-state index < -0.39 is 0 Å². The average Bonchev–Trinajstić information content (AvgIpc) is 2.31. The van der Waals surface area contributed by atoms with Crippen LogP contribution in [-0.2, 0) is 5.75 Å². The Bertz CT molecular complexity index is 588. The Morgan fingerprint density at radius 2 is 2.12 bits per heavy atom. The van der Waals surface area contributed by atoms with Crippen molar-refractivity contribution in [1.82, 2.24) is 15.2 Å². The molecule has 0 aliphatic heterocycles. The summed E-state index contributed by atoms with van der Waals surface area (Å²) in [6.45, 7) is 0. The summed E-state index contributed by atoms with van der Waals surface area (Å²) in [6.07, 6.45) is 1.13. The smallest absolute Gasteiger partial charge is 0.270 e. The van der Waals surface area contributed by atoms with Crippen molar-refractivity contribution in [3.63, 3.8) is 0 Å². The molecule has 88 valence electrons. The number of rotatable bonds is 3. The first-order chi connectivity index (χ1) is 8.15. The van der Waals surface area contributed by atoms with E-state index in [0.717, 1.165) is 11.8 Å². The Balaban J connectivity index is 2.07. The van der Waals surface area contributed by atoms with Crippen molar-refractivity contribution in [3.8, 4) is 0 Å². The Morgan fingerprint density at radius 1 is 1.29 bits per heavy atom. The van der Waals surface area contributed by atoms with Gasteiger partial charge >= 0.3 is 0 Å². The second-order valence-electron chi connectivity index (χ2n) is 3.18. The number of nitrogens with one attached hydrogen (secondary N) is 1. The van der Waals surface area contributed by atoms with Gasteiger partial charge in [0.2, 0.25) is 0 Å². The highest BCUT2D eigenvalue weighted by Crippen LogP contribution is 2.25. The molecule has 0 aliphatic rings. The highest BCUT2D eigenvalue weighted by atomic mass is 35.5. The minimum absolute atomic E-state index is 0.267. The molecule has 0 atom stereocenters. The van der Waals surface area contributed by atoms with Crippen molar-refractivity contribution in [1.29, 1.82) is 0 Å². The normalized spacial score (nSPS) is 10.5. The number of thioether (sulfide) groups is 1. The van der Waals surface area contributed by atoms with Crippen LogP contribution in [0.4, 0.5) is 0 Å². The summed E-state index contributed by atoms with van der Waals surface area (Å²) in [5, 5.41) is 8.87. The van der Waals surface area contributed by atoms with Crippen LogP contribution >= 0.6 is 35.0 Å². The predicted molar refractivity (Wildman–Crippen MR) is 68.7 cm³/mol. The number of halogens is 2. The van der Waals surface area contributed by atoms with Crippen molar-refractivity contribution in [2.75, 3.05) is 0 Å². The minimum atomic E-state index is -0.267. The van der Waals surface area contributed by atoms with Gasteiger partial charge in [-0.15, -0.1) is 5.10 Å². The fourth-order valence-electron chi connectivity index (χ4n) is 1.14. The van der Waals surface area contributed by atoms with Gasteiger partial charge in [0.25, 0.3) is 5.56 Å². The van der Waals surface area contributed by atoms with Crippen molar-refractivity contribution < 1.29 is 0 Å². The Kier molecular flexibility index (Phi) is 4.04. The van der Waals surface area contributed by atoms with Crippen molar-refractivity contribution in [2.45, 2.75) is 10.9 Å². The highest BCUT2D eigenvalue weighted by Gasteiger charge is 2.02. The quantitative estimate of drug-likeness (QED) is 0.882. The summed E-state index contributed by atoms with van der Waals surface area (Å²) < 4.78 is 0. The SMILES string of the molecule is O=c1cnnc(SCc2ccc(Cl)c(Cl)c2)[nH]1. The molecule has 0 amide bonds. The molecular formula is C10H7Cl2N3OS. The first-order valence-corrected chi connectivity index (χ1v) is 6.38. The summed E-state index contributed by atoms with van der Waals surface area (Å²) in [5.74, 6) is 0.630. The van der Waals surface area contributed by atoms with Gasteiger partial charge in [-0.3, -0.25) is 9.78 Å². The van der Waals surface area contributed by atoms with Crippen LogP contribution < -0.4 is 5.56 Å². The first-order valence-electron chi connectivity index (χ1n) is 4.64. The van der Waals surface area contributed by atoms with Crippen molar-refractivity contribution in [2.24, 2.45) is 0 Å². The van der Waals surface area contributed by atoms with Gasteiger partial charge in [0.05, 0.1) is 10.0 Å². The predicted octanol–water partition coefficient (Wildman–Crippen LogP) is 2.76. The number of hydrogen-bond donors (Lipinski definition) is 1. The molecule has 17 heavy (non-hydrogen) atoms. The van der Waals surface area contributed by atoms with Gasteiger partial charge in [-0.2, -0.15) is 5.10 Å². The third kappa shape index (κ3) is 3.46. The number of nitrogens with zero attached hydrogens (tertiary/aromatic N) is 2. The first kappa shape index (κ1) is 12.4. The van der Waals surface area contributed by atoms with Gasteiger partial charge in [-0.1, -0.05) is 41.0 Å². The molecule has 0 aliphatic carbocycles. The molecule has 2 rings (SSSR count). The summed E-state index contributed by atoms with van der Waals surface area (Å²) in [5.41, 5.74) is 0.729. The maximum atomic E-state index is 11.0. The Morgan fingerprint density at radius 3 is 2.82 bits per heavy atom. The van der Waals surface area contributed by atoms with E-state index in [2.05, 4.69) is 15.2 Å². The van der Waals surface area contributed by atoms with E-state index in [0.29, 0.717) is 21.0 Å². The van der Waals surface area contributed by atoms with E-state index in [1.165, 1.54) is 11.8 Å². The lowest BCUT2D eigenvalue weighted by Crippen LogP contribution is -2.07. The molecule has 1 aromatic carbocycles. The van der Waals surface area contributed by atoms with Crippen LogP contribution in [0.2, 0.25) is 10.0 Å². The van der Waals surface area contributed by atoms with Crippen LogP contribution in [-0.4, -0.2) is 15.2 Å². The zero-order valence-electron chi connectivity index (χ0n) is 8.48. The van der Waals surface area contributed by atoms with Crippen LogP contribution in [0.5, 0.6) is 0 Å². The Labute approximate surface area is 111 Å². The van der Waals surface area contributed by atoms with Crippen molar-refractivity contribution in [3.05, 3.63) is 50.4 Å². The van der Waals surface area contributed by atoms with Gasteiger partial charge in [0, 0.05) is 5.75 Å². The molecule has 0 fully saturated rings. The van der Waals surface area contributed by atoms with Crippen LogP contribution in [0.1, 0.15) is 5.56 Å². The molecule has 1 aromatic heterocycles. The number of benzene rings is 1. The van der Waals surface area contributed by atoms with Gasteiger partial charge < -0.3 is 0 Å². The zero-order chi connectivity index (χ0) is 12.3. The average molecular weight is 288 g/mol. The lowest BCUT2D eigenvalue weighted by molar-refractivity contribution is 0.817. The van der Waals surface area contributed by atoms with Crippen LogP contribution in [0.3, 0.4) is 0 Å². The fraction of sp³-hybridized carbons (Fsp3) is 0.100. The van der Waals surface area contributed by atoms with E-state index >= 15 is 0 Å². The summed E-state index contributed by atoms with van der Waals surface area (Å²) in [7, 11) is 0. The van der Waals surface area contributed by atoms with Gasteiger partial charge in [0.15, 0.2) is 5.16 Å². The number of aromatic amines is 1. The third-order valence-electron chi connectivity index (χ3n) is 1.91. The van der Waals surface area contributed by atoms with Gasteiger partial charge in [0.1, 0.15) is 6.20 Å². The minimum Gasteiger partial charge on any atom is -0.299 e. The van der Waals surface area contributed by atoms with E-state index in [9.17, 15) is 4.79 Å². The molecule has 0 spiro atoms. The maximum Gasteiger partial charge on any atom is 0.270 e. The topological polar surface area (TPSA) is 58.6 Å². The van der Waals surface area contributed by atoms with Gasteiger partial charge in [-0.25, -0.2) is 0 Å². The van der Waals surface area contributed by atoms with Gasteiger partial charge in [-0.05, 0) is 17.7 Å². The number of aromatic nitrogens is 3. The standard InChI is InChI=1S/C10H7Cl2N3OS/c11-7-2-1-6(3-8(7)12)5-17-10-14-9(16)4-13-15-10/h1-4H,5H2,(H,14,15,16). The Hall–Kier alpha value is -1.04. The van der Waals surface area contributed by atoms with E-state index in [1.54, 1.807) is 12.1 Å². The summed E-state index contributed by atoms with van der Waals surface area (Å²) in [4.78, 5) is 13.6. The molecular weight excluding hydrogens is 281 g/mol. The van der Waals surface area contributed by atoms with E-state index in [-0.39, 0.29) is 5.56 Å². The number of hydrogen-bond acceptors (Lipinski definition) is 4.